The third kappa shape index (κ3) is 15.0. The topological polar surface area (TPSA) is 172 Å². The highest BCUT2D eigenvalue weighted by molar-refractivity contribution is 5.91. The highest BCUT2D eigenvalue weighted by atomic mass is 19.5. The molecule has 714 valence electrons. The lowest BCUT2D eigenvalue weighted by Crippen LogP contribution is -2.50. The van der Waals surface area contributed by atoms with Gasteiger partial charge in [0.05, 0.1) is 179 Å². The van der Waals surface area contributed by atoms with Gasteiger partial charge in [0.25, 0.3) is 0 Å². The van der Waals surface area contributed by atoms with Crippen LogP contribution in [-0.2, 0) is 35.5 Å². The zero-order valence-electron chi connectivity index (χ0n) is 64.6. The zero-order valence-corrected chi connectivity index (χ0v) is 64.6. The number of rotatable bonds is 12. The molecule has 6 aliphatic rings. The molecule has 9 aromatic rings. The Balaban J connectivity index is 1.09. The second-order valence-corrected chi connectivity index (χ2v) is 29.6. The number of aromatic nitrogens is 12. The minimum Gasteiger partial charge on any atom is -0.355 e. The lowest BCUT2D eigenvalue weighted by Gasteiger charge is -2.28. The number of fused-ring (bicyclic) bond motifs is 24. The van der Waals surface area contributed by atoms with Crippen LogP contribution in [0.25, 0.3) is 139 Å². The summed E-state index contributed by atoms with van der Waals surface area (Å²) < 4.78 is 647. The Kier molecular flexibility index (Phi) is 21.8. The largest absolute Gasteiger partial charge is 0.460 e. The van der Waals surface area contributed by atoms with Crippen molar-refractivity contribution in [3.8, 4) is 23.7 Å². The van der Waals surface area contributed by atoms with Gasteiger partial charge in [0.2, 0.25) is 0 Å². The summed E-state index contributed by atoms with van der Waals surface area (Å²) in [7, 11) is 0. The third-order valence-electron chi connectivity index (χ3n) is 20.9. The van der Waals surface area contributed by atoms with Gasteiger partial charge >= 0.3 is 108 Å². The minimum atomic E-state index is -7.48. The summed E-state index contributed by atoms with van der Waals surface area (Å²) in [6.45, 7) is 0. The quantitative estimate of drug-likeness (QED) is 0.0525. The summed E-state index contributed by atoms with van der Waals surface area (Å²) in [5.41, 5.74) is -56.3. The van der Waals surface area contributed by atoms with Gasteiger partial charge in [-0.05, 0) is 158 Å². The summed E-state index contributed by atoms with van der Waals surface area (Å²) in [5.74, 6) is -76.1. The predicted octanol–water partition coefficient (Wildman–Crippen LogP) is 27.1. The van der Waals surface area contributed by atoms with E-state index in [1.54, 1.807) is 9.97 Å². The average molecular weight is 1980 g/mol. The number of alkyl halides is 42. The molecule has 0 unspecified atom stereocenters. The maximum atomic E-state index is 17.3. The molecule has 0 saturated heterocycles. The van der Waals surface area contributed by atoms with Crippen molar-refractivity contribution in [2.75, 3.05) is 0 Å². The summed E-state index contributed by atoms with van der Waals surface area (Å²) >= 11 is 0. The van der Waals surface area contributed by atoms with Gasteiger partial charge in [0, 0.05) is 11.0 Å². The highest BCUT2D eigenvalue weighted by Crippen LogP contribution is 2.61. The smallest absolute Gasteiger partial charge is 0.355 e. The molecule has 6 aliphatic heterocycles. The van der Waals surface area contributed by atoms with Gasteiger partial charge in [-0.3, -0.25) is 0 Å². The first-order valence-corrected chi connectivity index (χ1v) is 36.7. The average Bonchev–Trinajstić information content (AvgIpc) is 1.51. The van der Waals surface area contributed by atoms with Crippen LogP contribution in [0.4, 0.5) is 184 Å². The molecule has 0 spiro atoms. The van der Waals surface area contributed by atoms with Crippen molar-refractivity contribution in [2.24, 2.45) is 0 Å². The lowest BCUT2D eigenvalue weighted by atomic mass is 10.00. The summed E-state index contributed by atoms with van der Waals surface area (Å²) in [6, 6.07) is 4.18. The van der Waals surface area contributed by atoms with Crippen LogP contribution in [0.5, 0.6) is 0 Å². The SMILES string of the molecule is FC(F)(F)C(F)(F)C(F)(F)c1c2nc(c(C#Cc3c4nc(c(C(F)(F)C(F)(F)C(F)(F)F)c5ccc([nH]5)c(C#Cc5c6nc(c(C(F)(F)C(F)(F)C(F)(F)F)c7ccc(cc8nc(c(C(F)(F)C(F)(F)C(F)(F)F)c9ccc5[nH]9)C=C8)[nH]7)C=C6)c5nc(c(C(F)(F)C(F)(F)C(F)(F)F)c6ccc3[nH]6)C=C5)C=C4)c3ccc([nH]3)c(C(F)(F)C(F)(F)C(F)(F)F)c3nc(cc4ccc1[nH]4)C=C3)C=C2. The van der Waals surface area contributed by atoms with Gasteiger partial charge < -0.3 is 29.9 Å². The second kappa shape index (κ2) is 30.8. The first kappa shape index (κ1) is 96.6. The lowest BCUT2D eigenvalue weighted by molar-refractivity contribution is -0.359. The summed E-state index contributed by atoms with van der Waals surface area (Å²) in [6.07, 6.45) is -41.1. The van der Waals surface area contributed by atoms with E-state index in [-0.39, 0.29) is 97.2 Å². The zero-order chi connectivity index (χ0) is 100. The van der Waals surface area contributed by atoms with E-state index in [4.69, 9.17) is 0 Å². The van der Waals surface area contributed by atoms with E-state index < -0.39 is 298 Å². The predicted molar refractivity (Wildman–Crippen MR) is 398 cm³/mol. The van der Waals surface area contributed by atoms with Gasteiger partial charge in [-0.15, -0.1) is 0 Å². The fourth-order valence-corrected chi connectivity index (χ4v) is 14.3. The molecule has 136 heavy (non-hydrogen) atoms. The molecule has 0 radical (unpaired) electrons. The van der Waals surface area contributed by atoms with Crippen LogP contribution in [0.15, 0.2) is 84.9 Å². The van der Waals surface area contributed by atoms with E-state index in [0.717, 1.165) is 0 Å². The number of nitrogens with one attached hydrogen (secondary N) is 6. The number of halogens is 42. The first-order valence-electron chi connectivity index (χ1n) is 36.7. The standard InChI is InChI=1S/C82H32F42N12/c83-65(84,71(95,96)77(107,108)109)59-47-9-1-31(125-47)29-32-2-10-48(126-32)60(66(85,86)72(97,98)78(110,111)112)52-22-14-40(130-52)35(39-13-21-51(59)129-39)5-7-37-43-17-25-55(133-43)63(69(91,92)75(103,104)81(119,120)121)57-27-19-45(135-57)38(46-20-28-58(136-46)64(56-26-18-44(37)134-56)70(93,94)76(105,106)82(122,123)124)8-6-36-41-15-23-53(131-41)61(67(87,88)73(99,100)79(113,114)115)49-11-3-33(127-49)30-34-4-12-50(128-34)62(54-24-16-42(36)132-54)68(89,90)74(101,102)80(116,117)118/h1-4,9-30,125,127,130,132-133,136H. The summed E-state index contributed by atoms with van der Waals surface area (Å²) in [4.78, 5) is 32.9. The van der Waals surface area contributed by atoms with Crippen molar-refractivity contribution in [1.82, 2.24) is 59.8 Å². The van der Waals surface area contributed by atoms with Crippen molar-refractivity contribution in [3.05, 3.63) is 209 Å². The van der Waals surface area contributed by atoms with Crippen LogP contribution in [0.1, 0.15) is 124 Å². The fourth-order valence-electron chi connectivity index (χ4n) is 14.3. The van der Waals surface area contributed by atoms with Crippen molar-refractivity contribution >= 4 is 139 Å². The molecule has 15 rings (SSSR count). The Bertz CT molecular complexity index is 6920. The normalized spacial score (nSPS) is 14.8. The Labute approximate surface area is 722 Å². The molecule has 54 heteroatoms. The Morgan fingerprint density at radius 3 is 0.515 bits per heavy atom. The number of H-pyrrole nitrogens is 6. The van der Waals surface area contributed by atoms with Crippen LogP contribution < -0.4 is 0 Å². The first-order chi connectivity index (χ1) is 62.3. The number of hydrogen-bond donors (Lipinski definition) is 6. The molecule has 12 nitrogen and oxygen atoms in total. The van der Waals surface area contributed by atoms with Crippen molar-refractivity contribution in [2.45, 2.75) is 108 Å². The van der Waals surface area contributed by atoms with Crippen LogP contribution in [-0.4, -0.2) is 132 Å². The molecular formula is C82H32F42N12. The molecule has 0 amide bonds. The molecule has 0 atom stereocenters. The highest BCUT2D eigenvalue weighted by Gasteiger charge is 2.80. The molecular weight excluding hydrogens is 1950 g/mol. The number of nitrogens with zero attached hydrogens (tertiary/aromatic N) is 6. The van der Waals surface area contributed by atoms with Crippen molar-refractivity contribution < 1.29 is 184 Å². The van der Waals surface area contributed by atoms with Gasteiger partial charge in [0.1, 0.15) is 0 Å². The van der Waals surface area contributed by atoms with Gasteiger partial charge in [-0.1, -0.05) is 23.7 Å². The van der Waals surface area contributed by atoms with E-state index in [9.17, 15) is 79.0 Å². The molecule has 0 aliphatic carbocycles. The Morgan fingerprint density at radius 1 is 0.169 bits per heavy atom. The van der Waals surface area contributed by atoms with E-state index in [1.165, 1.54) is 0 Å². The fraction of sp³-hybridized carbons (Fsp3) is 0.220. The second-order valence-electron chi connectivity index (χ2n) is 29.6. The van der Waals surface area contributed by atoms with Crippen LogP contribution in [0.2, 0.25) is 0 Å². The van der Waals surface area contributed by atoms with Gasteiger partial charge in [-0.25, -0.2) is 29.9 Å². The molecule has 0 fully saturated rings. The maximum Gasteiger partial charge on any atom is 0.460 e. The number of aromatic amines is 6. The molecule has 6 N–H and O–H groups in total. The molecule has 9 aromatic heterocycles. The monoisotopic (exact) mass is 1980 g/mol. The van der Waals surface area contributed by atoms with E-state index in [1.807, 2.05) is 43.6 Å². The molecule has 0 aromatic carbocycles. The molecule has 24 bridgehead atoms. The van der Waals surface area contributed by atoms with E-state index >= 15 is 105 Å². The summed E-state index contributed by atoms with van der Waals surface area (Å²) in [5, 5.41) is 0. The minimum absolute atomic E-state index is 0.0121. The third-order valence-corrected chi connectivity index (χ3v) is 20.9. The molecule has 15 heterocycles. The Hall–Kier alpha value is -14.0. The van der Waals surface area contributed by atoms with Crippen LogP contribution >= 0.6 is 0 Å². The van der Waals surface area contributed by atoms with E-state index in [2.05, 4.69) is 29.9 Å². The van der Waals surface area contributed by atoms with Crippen molar-refractivity contribution in [1.29, 1.82) is 0 Å². The van der Waals surface area contributed by atoms with Crippen LogP contribution in [0, 0.1) is 23.7 Å². The number of hydrogen-bond acceptors (Lipinski definition) is 6. The maximum absolute atomic E-state index is 17.3. The van der Waals surface area contributed by atoms with Crippen molar-refractivity contribution in [3.63, 3.8) is 0 Å². The van der Waals surface area contributed by atoms with Gasteiger partial charge in [0.15, 0.2) is 0 Å². The molecule has 0 saturated carbocycles. The Morgan fingerprint density at radius 2 is 0.324 bits per heavy atom. The van der Waals surface area contributed by atoms with Crippen LogP contribution in [0.3, 0.4) is 0 Å². The van der Waals surface area contributed by atoms with E-state index in [0.29, 0.717) is 60.7 Å². The van der Waals surface area contributed by atoms with Gasteiger partial charge in [-0.2, -0.15) is 184 Å².